The first-order valence-corrected chi connectivity index (χ1v) is 7.56. The number of benzene rings is 1. The summed E-state index contributed by atoms with van der Waals surface area (Å²) in [4.78, 5) is 12.0. The molecule has 128 valence electrons. The minimum absolute atomic E-state index is 0.0463. The van der Waals surface area contributed by atoms with Crippen molar-refractivity contribution in [3.8, 4) is 23.0 Å². The highest BCUT2D eigenvalue weighted by Crippen LogP contribution is 2.26. The number of hydrazone groups is 1. The lowest BCUT2D eigenvalue weighted by molar-refractivity contribution is 0.0950. The van der Waals surface area contributed by atoms with Crippen LogP contribution in [0.4, 0.5) is 0 Å². The van der Waals surface area contributed by atoms with E-state index in [0.717, 1.165) is 0 Å². The molecule has 8 nitrogen and oxygen atoms in total. The first-order chi connectivity index (χ1) is 12.2. The van der Waals surface area contributed by atoms with Crippen LogP contribution >= 0.6 is 0 Å². The molecule has 8 heteroatoms. The molecule has 0 fully saturated rings. The van der Waals surface area contributed by atoms with E-state index in [1.54, 1.807) is 30.3 Å². The smallest absolute Gasteiger partial charge is 0.291 e. The molecule has 0 bridgehead atoms. The van der Waals surface area contributed by atoms with Crippen LogP contribution < -0.4 is 10.2 Å². The van der Waals surface area contributed by atoms with E-state index >= 15 is 0 Å². The number of hydrogen-bond donors (Lipinski definition) is 3. The Kier molecular flexibility index (Phi) is 4.79. The lowest BCUT2D eigenvalue weighted by atomic mass is 10.2. The molecule has 0 spiro atoms. The summed E-state index contributed by atoms with van der Waals surface area (Å²) < 4.78 is 10.5. The maximum atomic E-state index is 12.0. The third kappa shape index (κ3) is 3.86. The fourth-order valence-corrected chi connectivity index (χ4v) is 2.10. The number of carbonyl (C=O) groups is 1. The number of rotatable bonds is 6. The minimum atomic E-state index is -0.464. The second kappa shape index (κ2) is 7.35. The van der Waals surface area contributed by atoms with E-state index in [-0.39, 0.29) is 11.4 Å². The molecule has 1 amide bonds. The number of nitrogens with one attached hydrogen (secondary N) is 2. The second-order valence-electron chi connectivity index (χ2n) is 5.00. The van der Waals surface area contributed by atoms with Crippen LogP contribution in [-0.4, -0.2) is 34.0 Å². The van der Waals surface area contributed by atoms with Gasteiger partial charge in [0.05, 0.1) is 19.1 Å². The van der Waals surface area contributed by atoms with Crippen molar-refractivity contribution < 1.29 is 19.1 Å². The van der Waals surface area contributed by atoms with Gasteiger partial charge < -0.3 is 14.3 Å². The maximum absolute atomic E-state index is 12.0. The number of phenols is 1. The van der Waals surface area contributed by atoms with Crippen LogP contribution in [0.3, 0.4) is 0 Å². The van der Waals surface area contributed by atoms with E-state index < -0.39 is 5.91 Å². The molecule has 0 radical (unpaired) electrons. The highest BCUT2D eigenvalue weighted by atomic mass is 16.5. The van der Waals surface area contributed by atoms with Crippen LogP contribution in [0.15, 0.2) is 52.2 Å². The SMILES string of the molecule is CCOc1cc(C=NNC(=O)c2cc(-c3ccco3)[nH]n2)ccc1O. The van der Waals surface area contributed by atoms with Crippen LogP contribution in [-0.2, 0) is 0 Å². The summed E-state index contributed by atoms with van der Waals surface area (Å²) in [6.07, 6.45) is 2.98. The number of nitrogens with zero attached hydrogens (tertiary/aromatic N) is 2. The summed E-state index contributed by atoms with van der Waals surface area (Å²) >= 11 is 0. The van der Waals surface area contributed by atoms with E-state index in [4.69, 9.17) is 9.15 Å². The molecule has 0 aliphatic heterocycles. The molecule has 2 heterocycles. The monoisotopic (exact) mass is 340 g/mol. The van der Waals surface area contributed by atoms with Crippen LogP contribution in [0.1, 0.15) is 23.0 Å². The van der Waals surface area contributed by atoms with Gasteiger partial charge in [0.2, 0.25) is 0 Å². The average Bonchev–Trinajstić information content (AvgIpc) is 3.29. The van der Waals surface area contributed by atoms with Gasteiger partial charge in [0, 0.05) is 6.07 Å². The number of aromatic amines is 1. The first kappa shape index (κ1) is 16.3. The molecule has 25 heavy (non-hydrogen) atoms. The van der Waals surface area contributed by atoms with Gasteiger partial charge in [-0.3, -0.25) is 9.89 Å². The second-order valence-corrected chi connectivity index (χ2v) is 5.00. The summed E-state index contributed by atoms with van der Waals surface area (Å²) in [5, 5.41) is 20.2. The van der Waals surface area contributed by atoms with Crippen molar-refractivity contribution in [2.45, 2.75) is 6.92 Å². The predicted octanol–water partition coefficient (Wildman–Crippen LogP) is 2.54. The Morgan fingerprint density at radius 2 is 2.32 bits per heavy atom. The van der Waals surface area contributed by atoms with E-state index in [2.05, 4.69) is 20.7 Å². The van der Waals surface area contributed by atoms with Gasteiger partial charge in [-0.05, 0) is 42.8 Å². The molecule has 0 saturated heterocycles. The van der Waals surface area contributed by atoms with Crippen molar-refractivity contribution in [3.05, 3.63) is 53.9 Å². The van der Waals surface area contributed by atoms with Gasteiger partial charge in [0.25, 0.3) is 5.91 Å². The summed E-state index contributed by atoms with van der Waals surface area (Å²) in [5.74, 6) is 0.523. The largest absolute Gasteiger partial charge is 0.504 e. The van der Waals surface area contributed by atoms with Crippen molar-refractivity contribution in [2.75, 3.05) is 6.61 Å². The Labute approximate surface area is 143 Å². The number of phenolic OH excluding ortho intramolecular Hbond substituents is 1. The van der Waals surface area contributed by atoms with Crippen LogP contribution in [0.5, 0.6) is 11.5 Å². The Morgan fingerprint density at radius 1 is 1.44 bits per heavy atom. The lowest BCUT2D eigenvalue weighted by Gasteiger charge is -2.05. The average molecular weight is 340 g/mol. The molecular formula is C17H16N4O4. The van der Waals surface area contributed by atoms with Gasteiger partial charge in [-0.15, -0.1) is 0 Å². The Morgan fingerprint density at radius 3 is 3.08 bits per heavy atom. The number of hydrogen-bond acceptors (Lipinski definition) is 6. The van der Waals surface area contributed by atoms with Crippen LogP contribution in [0.2, 0.25) is 0 Å². The lowest BCUT2D eigenvalue weighted by Crippen LogP contribution is -2.18. The maximum Gasteiger partial charge on any atom is 0.291 e. The first-order valence-electron chi connectivity index (χ1n) is 7.56. The summed E-state index contributed by atoms with van der Waals surface area (Å²) in [5.41, 5.74) is 3.83. The fourth-order valence-electron chi connectivity index (χ4n) is 2.10. The molecule has 3 N–H and O–H groups in total. The molecule has 0 aliphatic rings. The molecular weight excluding hydrogens is 324 g/mol. The van der Waals surface area contributed by atoms with E-state index in [1.165, 1.54) is 18.5 Å². The minimum Gasteiger partial charge on any atom is -0.504 e. The highest BCUT2D eigenvalue weighted by molar-refractivity contribution is 5.94. The van der Waals surface area contributed by atoms with Crippen molar-refractivity contribution >= 4 is 12.1 Å². The number of aromatic hydroxyl groups is 1. The summed E-state index contributed by atoms with van der Waals surface area (Å²) in [6, 6.07) is 9.84. The van der Waals surface area contributed by atoms with Crippen molar-refractivity contribution in [3.63, 3.8) is 0 Å². The normalized spacial score (nSPS) is 10.9. The summed E-state index contributed by atoms with van der Waals surface area (Å²) in [6.45, 7) is 2.25. The molecule has 0 atom stereocenters. The van der Waals surface area contributed by atoms with Crippen molar-refractivity contribution in [1.29, 1.82) is 0 Å². The molecule has 0 unspecified atom stereocenters. The molecule has 1 aromatic carbocycles. The zero-order valence-electron chi connectivity index (χ0n) is 13.4. The standard InChI is InChI=1S/C17H16N4O4/c1-2-24-16-8-11(5-6-14(16)22)10-18-21-17(23)13-9-12(19-20-13)15-4-3-7-25-15/h3-10,22H,2H2,1H3,(H,19,20)(H,21,23). The number of carbonyl (C=O) groups excluding carboxylic acids is 1. The van der Waals surface area contributed by atoms with Gasteiger partial charge in [0.1, 0.15) is 5.69 Å². The van der Waals surface area contributed by atoms with E-state index in [1.807, 2.05) is 6.92 Å². The summed E-state index contributed by atoms with van der Waals surface area (Å²) in [7, 11) is 0. The van der Waals surface area contributed by atoms with Gasteiger partial charge >= 0.3 is 0 Å². The van der Waals surface area contributed by atoms with Gasteiger partial charge in [-0.1, -0.05) is 0 Å². The van der Waals surface area contributed by atoms with Crippen molar-refractivity contribution in [2.24, 2.45) is 5.10 Å². The quantitative estimate of drug-likeness (QED) is 0.471. The molecule has 0 saturated carbocycles. The van der Waals surface area contributed by atoms with Gasteiger partial charge in [-0.25, -0.2) is 5.43 Å². The number of ether oxygens (including phenoxy) is 1. The predicted molar refractivity (Wildman–Crippen MR) is 90.6 cm³/mol. The van der Waals surface area contributed by atoms with Crippen LogP contribution in [0.25, 0.3) is 11.5 Å². The van der Waals surface area contributed by atoms with E-state index in [0.29, 0.717) is 29.4 Å². The van der Waals surface area contributed by atoms with Crippen LogP contribution in [0, 0.1) is 0 Å². The zero-order chi connectivity index (χ0) is 17.6. The van der Waals surface area contributed by atoms with Gasteiger partial charge in [-0.2, -0.15) is 10.2 Å². The number of amides is 1. The third-order valence-corrected chi connectivity index (χ3v) is 3.26. The van der Waals surface area contributed by atoms with E-state index in [9.17, 15) is 9.90 Å². The molecule has 3 rings (SSSR count). The molecule has 3 aromatic rings. The number of H-pyrrole nitrogens is 1. The Balaban J connectivity index is 1.64. The zero-order valence-corrected chi connectivity index (χ0v) is 13.4. The Hall–Kier alpha value is -3.55. The number of aromatic nitrogens is 2. The molecule has 0 aliphatic carbocycles. The topological polar surface area (TPSA) is 113 Å². The molecule has 2 aromatic heterocycles. The third-order valence-electron chi connectivity index (χ3n) is 3.26. The number of furan rings is 1. The Bertz CT molecular complexity index is 884. The highest BCUT2D eigenvalue weighted by Gasteiger charge is 2.12. The fraction of sp³-hybridized carbons (Fsp3) is 0.118. The van der Waals surface area contributed by atoms with Crippen molar-refractivity contribution in [1.82, 2.24) is 15.6 Å². The van der Waals surface area contributed by atoms with Gasteiger partial charge in [0.15, 0.2) is 23.0 Å².